The third kappa shape index (κ3) is 5.08. The number of anilines is 1. The predicted octanol–water partition coefficient (Wildman–Crippen LogP) is 3.65. The van der Waals surface area contributed by atoms with Crippen LogP contribution in [-0.4, -0.2) is 46.4 Å². The highest BCUT2D eigenvalue weighted by Crippen LogP contribution is 2.19. The standard InChI is InChI=1S/C20H29N5O/c1-17-9-4-6-14-24(17)15-7-5-12-21-20(26)23-18-10-2-3-11-19(18)25-16-8-13-22-25/h2-3,8,10-11,13,16-17H,4-7,9,12,14-15H2,1H3,(H2,21,23,26)/t17-/m0/s1. The molecule has 0 bridgehead atoms. The van der Waals surface area contributed by atoms with E-state index in [0.29, 0.717) is 12.6 Å². The molecule has 3 rings (SSSR count). The van der Waals surface area contributed by atoms with E-state index >= 15 is 0 Å². The minimum Gasteiger partial charge on any atom is -0.338 e. The maximum atomic E-state index is 12.2. The summed E-state index contributed by atoms with van der Waals surface area (Å²) in [5.41, 5.74) is 1.60. The maximum absolute atomic E-state index is 12.2. The van der Waals surface area contributed by atoms with Gasteiger partial charge >= 0.3 is 6.03 Å². The van der Waals surface area contributed by atoms with Crippen molar-refractivity contribution in [3.05, 3.63) is 42.7 Å². The van der Waals surface area contributed by atoms with E-state index in [1.54, 1.807) is 10.9 Å². The summed E-state index contributed by atoms with van der Waals surface area (Å²) in [6, 6.07) is 10.1. The second kappa shape index (κ2) is 9.38. The Labute approximate surface area is 155 Å². The van der Waals surface area contributed by atoms with Crippen LogP contribution in [0.4, 0.5) is 10.5 Å². The highest BCUT2D eigenvalue weighted by molar-refractivity contribution is 5.91. The molecule has 1 aromatic heterocycles. The summed E-state index contributed by atoms with van der Waals surface area (Å²) in [7, 11) is 0. The molecule has 1 saturated heterocycles. The van der Waals surface area contributed by atoms with Crippen molar-refractivity contribution in [1.82, 2.24) is 20.0 Å². The molecule has 140 valence electrons. The van der Waals surface area contributed by atoms with Crippen LogP contribution in [0.25, 0.3) is 5.69 Å². The zero-order valence-electron chi connectivity index (χ0n) is 15.5. The maximum Gasteiger partial charge on any atom is 0.319 e. The third-order valence-electron chi connectivity index (χ3n) is 5.00. The lowest BCUT2D eigenvalue weighted by Crippen LogP contribution is -2.38. The van der Waals surface area contributed by atoms with E-state index in [9.17, 15) is 4.79 Å². The molecule has 1 atom stereocenters. The highest BCUT2D eigenvalue weighted by Gasteiger charge is 2.17. The van der Waals surface area contributed by atoms with Gasteiger partial charge in [-0.3, -0.25) is 0 Å². The Morgan fingerprint density at radius 2 is 2.12 bits per heavy atom. The van der Waals surface area contributed by atoms with E-state index in [1.807, 2.05) is 36.5 Å². The quantitative estimate of drug-likeness (QED) is 0.745. The van der Waals surface area contributed by atoms with Crippen molar-refractivity contribution < 1.29 is 4.79 Å². The average Bonchev–Trinajstić information content (AvgIpc) is 3.18. The number of piperidine rings is 1. The summed E-state index contributed by atoms with van der Waals surface area (Å²) in [6.07, 6.45) is 9.70. The van der Waals surface area contributed by atoms with Crippen LogP contribution >= 0.6 is 0 Å². The van der Waals surface area contributed by atoms with Crippen LogP contribution in [0.1, 0.15) is 39.0 Å². The Balaban J connectivity index is 1.40. The fraction of sp³-hybridized carbons (Fsp3) is 0.500. The topological polar surface area (TPSA) is 62.2 Å². The first-order valence-electron chi connectivity index (χ1n) is 9.62. The Hall–Kier alpha value is -2.34. The van der Waals surface area contributed by atoms with Crippen LogP contribution in [-0.2, 0) is 0 Å². The van der Waals surface area contributed by atoms with Gasteiger partial charge in [-0.05, 0) is 63.9 Å². The summed E-state index contributed by atoms with van der Waals surface area (Å²) >= 11 is 0. The lowest BCUT2D eigenvalue weighted by molar-refractivity contribution is 0.158. The van der Waals surface area contributed by atoms with E-state index in [0.717, 1.165) is 30.8 Å². The molecular formula is C20H29N5O. The zero-order chi connectivity index (χ0) is 18.2. The molecule has 0 radical (unpaired) electrons. The summed E-state index contributed by atoms with van der Waals surface area (Å²) in [5.74, 6) is 0. The van der Waals surface area contributed by atoms with Crippen LogP contribution in [0.3, 0.4) is 0 Å². The number of amides is 2. The number of nitrogens with zero attached hydrogens (tertiary/aromatic N) is 3. The molecule has 0 saturated carbocycles. The lowest BCUT2D eigenvalue weighted by Gasteiger charge is -2.33. The van der Waals surface area contributed by atoms with Crippen LogP contribution in [0, 0.1) is 0 Å². The predicted molar refractivity (Wildman–Crippen MR) is 105 cm³/mol. The number of para-hydroxylation sites is 2. The van der Waals surface area contributed by atoms with Crippen molar-refractivity contribution >= 4 is 11.7 Å². The first-order valence-corrected chi connectivity index (χ1v) is 9.62. The molecule has 1 aliphatic heterocycles. The molecule has 1 aliphatic rings. The number of hydrogen-bond donors (Lipinski definition) is 2. The fourth-order valence-corrected chi connectivity index (χ4v) is 3.49. The number of likely N-dealkylation sites (tertiary alicyclic amines) is 1. The molecule has 6 heteroatoms. The Kier molecular flexibility index (Phi) is 6.66. The Morgan fingerprint density at radius 1 is 1.23 bits per heavy atom. The number of unbranched alkanes of at least 4 members (excludes halogenated alkanes) is 1. The van der Waals surface area contributed by atoms with E-state index in [-0.39, 0.29) is 6.03 Å². The molecule has 2 aromatic rings. The third-order valence-corrected chi connectivity index (χ3v) is 5.00. The second-order valence-corrected chi connectivity index (χ2v) is 6.94. The number of carbonyl (C=O) groups is 1. The van der Waals surface area contributed by atoms with Crippen molar-refractivity contribution in [1.29, 1.82) is 0 Å². The Morgan fingerprint density at radius 3 is 2.92 bits per heavy atom. The minimum atomic E-state index is -0.170. The number of benzene rings is 1. The van der Waals surface area contributed by atoms with E-state index < -0.39 is 0 Å². The SMILES string of the molecule is C[C@H]1CCCCN1CCCCNC(=O)Nc1ccccc1-n1cccn1. The summed E-state index contributed by atoms with van der Waals surface area (Å²) in [5, 5.41) is 10.1. The average molecular weight is 355 g/mol. The minimum absolute atomic E-state index is 0.170. The number of nitrogens with one attached hydrogen (secondary N) is 2. The van der Waals surface area contributed by atoms with Crippen LogP contribution in [0.2, 0.25) is 0 Å². The highest BCUT2D eigenvalue weighted by atomic mass is 16.2. The number of rotatable bonds is 7. The normalized spacial score (nSPS) is 17.8. The van der Waals surface area contributed by atoms with Gasteiger partial charge in [0, 0.05) is 25.0 Å². The van der Waals surface area contributed by atoms with Crippen LogP contribution in [0.15, 0.2) is 42.7 Å². The van der Waals surface area contributed by atoms with Crippen LogP contribution < -0.4 is 10.6 Å². The summed E-state index contributed by atoms with van der Waals surface area (Å²) < 4.78 is 1.75. The van der Waals surface area contributed by atoms with Crippen LogP contribution in [0.5, 0.6) is 0 Å². The second-order valence-electron chi connectivity index (χ2n) is 6.94. The fourth-order valence-electron chi connectivity index (χ4n) is 3.49. The van der Waals surface area contributed by atoms with E-state index in [4.69, 9.17) is 0 Å². The summed E-state index contributed by atoms with van der Waals surface area (Å²) in [6.45, 7) is 5.37. The monoisotopic (exact) mass is 355 g/mol. The summed E-state index contributed by atoms with van der Waals surface area (Å²) in [4.78, 5) is 14.8. The van der Waals surface area contributed by atoms with E-state index in [2.05, 4.69) is 27.6 Å². The molecule has 6 nitrogen and oxygen atoms in total. The number of aromatic nitrogens is 2. The van der Waals surface area contributed by atoms with Gasteiger partial charge in [0.2, 0.25) is 0 Å². The molecular weight excluding hydrogens is 326 g/mol. The van der Waals surface area contributed by atoms with Gasteiger partial charge in [-0.1, -0.05) is 18.6 Å². The molecule has 1 fully saturated rings. The van der Waals surface area contributed by atoms with Crippen molar-refractivity contribution in [2.24, 2.45) is 0 Å². The van der Waals surface area contributed by atoms with Gasteiger partial charge in [0.15, 0.2) is 0 Å². The van der Waals surface area contributed by atoms with Crippen molar-refractivity contribution in [2.75, 3.05) is 25.0 Å². The lowest BCUT2D eigenvalue weighted by atomic mass is 10.0. The van der Waals surface area contributed by atoms with Crippen molar-refractivity contribution in [3.63, 3.8) is 0 Å². The number of carbonyl (C=O) groups excluding carboxylic acids is 1. The first-order chi connectivity index (χ1) is 12.7. The number of hydrogen-bond acceptors (Lipinski definition) is 3. The molecule has 26 heavy (non-hydrogen) atoms. The van der Waals surface area contributed by atoms with Gasteiger partial charge in [-0.15, -0.1) is 0 Å². The van der Waals surface area contributed by atoms with Gasteiger partial charge in [-0.25, -0.2) is 9.48 Å². The Bertz CT molecular complexity index is 685. The molecule has 0 aliphatic carbocycles. The molecule has 1 aromatic carbocycles. The molecule has 0 spiro atoms. The molecule has 2 N–H and O–H groups in total. The van der Waals surface area contributed by atoms with Gasteiger partial charge in [0.1, 0.15) is 0 Å². The smallest absolute Gasteiger partial charge is 0.319 e. The molecule has 0 unspecified atom stereocenters. The largest absolute Gasteiger partial charge is 0.338 e. The van der Waals surface area contributed by atoms with E-state index in [1.165, 1.54) is 25.8 Å². The zero-order valence-corrected chi connectivity index (χ0v) is 15.5. The first kappa shape index (κ1) is 18.5. The van der Waals surface area contributed by atoms with Gasteiger partial charge in [-0.2, -0.15) is 5.10 Å². The van der Waals surface area contributed by atoms with Gasteiger partial charge in [0.25, 0.3) is 0 Å². The molecule has 2 amide bonds. The number of urea groups is 1. The van der Waals surface area contributed by atoms with Gasteiger partial charge < -0.3 is 15.5 Å². The van der Waals surface area contributed by atoms with Gasteiger partial charge in [0.05, 0.1) is 11.4 Å². The van der Waals surface area contributed by atoms with Crippen molar-refractivity contribution in [3.8, 4) is 5.69 Å². The van der Waals surface area contributed by atoms with Crippen molar-refractivity contribution in [2.45, 2.75) is 45.1 Å². The molecule has 2 heterocycles.